The number of aromatic amines is 2. The molecule has 3 fully saturated rings. The summed E-state index contributed by atoms with van der Waals surface area (Å²) in [6, 6.07) is 19.8. The maximum absolute atomic E-state index is 13.5. The first-order valence-corrected chi connectivity index (χ1v) is 19.4. The van der Waals surface area contributed by atoms with Gasteiger partial charge in [0.1, 0.15) is 17.7 Å². The van der Waals surface area contributed by atoms with Gasteiger partial charge in [-0.2, -0.15) is 0 Å². The second-order valence-corrected chi connectivity index (χ2v) is 15.5. The molecule has 5 aromatic rings. The Bertz CT molecular complexity index is 2130. The van der Waals surface area contributed by atoms with Crippen LogP contribution in [0.2, 0.25) is 0 Å². The van der Waals surface area contributed by atoms with E-state index in [4.69, 9.17) is 9.72 Å². The average molecular weight is 741 g/mol. The van der Waals surface area contributed by atoms with Crippen LogP contribution in [0.25, 0.3) is 33.6 Å². The van der Waals surface area contributed by atoms with Crippen molar-refractivity contribution < 1.29 is 19.1 Å². The third-order valence-corrected chi connectivity index (χ3v) is 11.9. The number of amides is 3. The summed E-state index contributed by atoms with van der Waals surface area (Å²) < 4.78 is 4.76. The van der Waals surface area contributed by atoms with Crippen molar-refractivity contribution in [2.24, 2.45) is 23.7 Å². The van der Waals surface area contributed by atoms with Crippen LogP contribution in [-0.4, -0.2) is 67.4 Å². The van der Waals surface area contributed by atoms with Gasteiger partial charge < -0.3 is 30.2 Å². The van der Waals surface area contributed by atoms with E-state index in [1.165, 1.54) is 7.11 Å². The van der Waals surface area contributed by atoms with Crippen molar-refractivity contribution in [3.63, 3.8) is 0 Å². The maximum atomic E-state index is 13.5. The van der Waals surface area contributed by atoms with Crippen molar-refractivity contribution in [2.45, 2.75) is 70.5 Å². The molecule has 2 bridgehead atoms. The Kier molecular flexibility index (Phi) is 10.2. The summed E-state index contributed by atoms with van der Waals surface area (Å²) in [4.78, 5) is 61.6. The highest BCUT2D eigenvalue weighted by Gasteiger charge is 2.52. The van der Waals surface area contributed by atoms with Crippen LogP contribution in [0.3, 0.4) is 0 Å². The molecule has 12 heteroatoms. The van der Waals surface area contributed by atoms with Gasteiger partial charge in [-0.15, -0.1) is 0 Å². The first-order chi connectivity index (χ1) is 26.8. The van der Waals surface area contributed by atoms with E-state index in [0.29, 0.717) is 24.9 Å². The van der Waals surface area contributed by atoms with Gasteiger partial charge in [0.2, 0.25) is 11.8 Å². The largest absolute Gasteiger partial charge is 0.453 e. The van der Waals surface area contributed by atoms with Crippen LogP contribution in [0, 0.1) is 23.7 Å². The zero-order valence-electron chi connectivity index (χ0n) is 31.5. The highest BCUT2D eigenvalue weighted by molar-refractivity contribution is 5.86. The summed E-state index contributed by atoms with van der Waals surface area (Å²) in [6.07, 6.45) is 11.6. The lowest BCUT2D eigenvalue weighted by Gasteiger charge is -2.30. The number of ether oxygens (including phenoxy) is 1. The Balaban J connectivity index is 0.918. The fourth-order valence-electron chi connectivity index (χ4n) is 9.05. The molecule has 2 saturated carbocycles. The lowest BCUT2D eigenvalue weighted by atomic mass is 9.78. The van der Waals surface area contributed by atoms with Crippen LogP contribution in [0.5, 0.6) is 0 Å². The van der Waals surface area contributed by atoms with Crippen LogP contribution in [0.15, 0.2) is 85.5 Å². The molecule has 0 spiro atoms. The van der Waals surface area contributed by atoms with Crippen molar-refractivity contribution in [2.75, 3.05) is 13.7 Å². The molecule has 1 aliphatic heterocycles. The number of rotatable bonds is 11. The number of carbonyl (C=O) groups excluding carboxylic acids is 3. The molecule has 4 N–H and O–H groups in total. The zero-order valence-corrected chi connectivity index (χ0v) is 31.5. The second-order valence-electron chi connectivity index (χ2n) is 15.5. The molecule has 3 amide bonds. The minimum absolute atomic E-state index is 0.0750. The molecule has 284 valence electrons. The van der Waals surface area contributed by atoms with Crippen molar-refractivity contribution in [1.29, 1.82) is 0 Å². The summed E-state index contributed by atoms with van der Waals surface area (Å²) in [5.74, 6) is 2.42. The number of hydrogen-bond donors (Lipinski definition) is 4. The van der Waals surface area contributed by atoms with Crippen LogP contribution in [-0.2, 0) is 20.9 Å². The van der Waals surface area contributed by atoms with Crippen LogP contribution in [0.4, 0.5) is 4.79 Å². The van der Waals surface area contributed by atoms with Crippen molar-refractivity contribution in [1.82, 2.24) is 40.5 Å². The number of H-pyrrole nitrogens is 2. The number of fused-ring (bicyclic) bond motifs is 2. The van der Waals surface area contributed by atoms with E-state index in [1.807, 2.05) is 43.3 Å². The molecular weight excluding hydrogens is 693 g/mol. The fraction of sp³-hybridized carbons (Fsp3) is 0.395. The van der Waals surface area contributed by atoms with Crippen LogP contribution < -0.4 is 10.6 Å². The van der Waals surface area contributed by atoms with Gasteiger partial charge in [0.15, 0.2) is 0 Å². The molecule has 12 nitrogen and oxygen atoms in total. The summed E-state index contributed by atoms with van der Waals surface area (Å²) in [5.41, 5.74) is 7.06. The highest BCUT2D eigenvalue weighted by Crippen LogP contribution is 2.56. The van der Waals surface area contributed by atoms with Crippen LogP contribution in [0.1, 0.15) is 75.1 Å². The monoisotopic (exact) mass is 740 g/mol. The molecule has 2 aromatic carbocycles. The van der Waals surface area contributed by atoms with Crippen LogP contribution >= 0.6 is 0 Å². The predicted molar refractivity (Wildman–Crippen MR) is 208 cm³/mol. The number of methoxy groups -OCH3 is 1. The quantitative estimate of drug-likeness (QED) is 0.113. The Labute approximate surface area is 320 Å². The second kappa shape index (κ2) is 15.5. The first-order valence-electron chi connectivity index (χ1n) is 19.4. The molecule has 0 radical (unpaired) electrons. The number of nitrogens with zero attached hydrogens (tertiary/aromatic N) is 4. The minimum atomic E-state index is -0.676. The van der Waals surface area contributed by atoms with E-state index in [2.05, 4.69) is 79.1 Å². The summed E-state index contributed by atoms with van der Waals surface area (Å²) >= 11 is 0. The number of aromatic nitrogens is 5. The number of pyridine rings is 1. The Hall–Kier alpha value is -5.78. The summed E-state index contributed by atoms with van der Waals surface area (Å²) in [7, 11) is 1.30. The standard InChI is InChI=1S/C43H48N8O4/c1-25(2)38(50-43(54)55-3)42(53)51-19-5-7-35(51)39-45-23-33(48-39)29-12-8-27(9-13-29)28-10-14-30(15-11-28)34-24-46-40(49-34)36-31-16-17-32(20-31)37(36)41(52)47-22-26-6-4-18-44-21-26/h4,6,8-15,18,21,23-25,31-32,35-38H,5,7,16-17,19-20,22H2,1-3H3,(H,45,48)(H,46,49)(H,47,52)(H,50,54)/t31?,32?,35-,36+,37+,38-/m0/s1. The van der Waals surface area contributed by atoms with Gasteiger partial charge in [0.25, 0.3) is 0 Å². The normalized spacial score (nSPS) is 22.2. The lowest BCUT2D eigenvalue weighted by Crippen LogP contribution is -2.51. The summed E-state index contributed by atoms with van der Waals surface area (Å²) in [5, 5.41) is 5.88. The molecule has 1 saturated heterocycles. The van der Waals surface area contributed by atoms with Crippen molar-refractivity contribution in [3.05, 3.63) is 103 Å². The number of hydrogen-bond acceptors (Lipinski definition) is 7. The molecule has 6 atom stereocenters. The van der Waals surface area contributed by atoms with E-state index in [0.717, 1.165) is 83.0 Å². The number of carbonyl (C=O) groups is 3. The Morgan fingerprint density at radius 2 is 1.47 bits per heavy atom. The van der Waals surface area contributed by atoms with Gasteiger partial charge >= 0.3 is 6.09 Å². The third-order valence-electron chi connectivity index (χ3n) is 11.9. The van der Waals surface area contributed by atoms with Gasteiger partial charge in [-0.3, -0.25) is 14.6 Å². The number of benzene rings is 2. The third kappa shape index (κ3) is 7.37. The average Bonchev–Trinajstić information content (AvgIpc) is 4.07. The molecule has 8 rings (SSSR count). The molecule has 4 heterocycles. The number of imidazole rings is 2. The van der Waals surface area contributed by atoms with Crippen molar-refractivity contribution >= 4 is 17.9 Å². The lowest BCUT2D eigenvalue weighted by molar-refractivity contribution is -0.135. The molecule has 3 aliphatic rings. The fourth-order valence-corrected chi connectivity index (χ4v) is 9.05. The van der Waals surface area contributed by atoms with Gasteiger partial charge in [-0.05, 0) is 83.7 Å². The van der Waals surface area contributed by atoms with Gasteiger partial charge in [-0.1, -0.05) is 68.4 Å². The molecule has 2 unspecified atom stereocenters. The number of likely N-dealkylation sites (tertiary alicyclic amines) is 1. The number of alkyl carbamates (subject to hydrolysis) is 1. The summed E-state index contributed by atoms with van der Waals surface area (Å²) in [6.45, 7) is 4.91. The molecule has 55 heavy (non-hydrogen) atoms. The van der Waals surface area contributed by atoms with E-state index in [9.17, 15) is 14.4 Å². The number of nitrogens with one attached hydrogen (secondary N) is 4. The van der Waals surface area contributed by atoms with E-state index < -0.39 is 12.1 Å². The van der Waals surface area contributed by atoms with Crippen molar-refractivity contribution in [3.8, 4) is 33.6 Å². The Morgan fingerprint density at radius 1 is 0.836 bits per heavy atom. The minimum Gasteiger partial charge on any atom is -0.453 e. The van der Waals surface area contributed by atoms with E-state index in [1.54, 1.807) is 12.4 Å². The smallest absolute Gasteiger partial charge is 0.407 e. The first kappa shape index (κ1) is 36.2. The SMILES string of the molecule is COC(=O)N[C@H](C(=O)N1CCC[C@H]1c1ncc(-c2ccc(-c3ccc(-c4cnc([C@@H]5C6CCC(C6)[C@H]5C(=O)NCc5cccnc5)[nH]4)cc3)cc2)[nH]1)C(C)C. The van der Waals surface area contributed by atoms with Gasteiger partial charge in [-0.25, -0.2) is 14.8 Å². The highest BCUT2D eigenvalue weighted by atomic mass is 16.5. The molecule has 2 aliphatic carbocycles. The van der Waals surface area contributed by atoms with Gasteiger partial charge in [0.05, 0.1) is 42.9 Å². The molecule has 3 aromatic heterocycles. The zero-order chi connectivity index (χ0) is 38.1. The maximum Gasteiger partial charge on any atom is 0.407 e. The van der Waals surface area contributed by atoms with Gasteiger partial charge in [0, 0.05) is 31.4 Å². The molecular formula is C43H48N8O4. The predicted octanol–water partition coefficient (Wildman–Crippen LogP) is 7.02. The van der Waals surface area contributed by atoms with E-state index in [-0.39, 0.29) is 35.6 Å². The Morgan fingerprint density at radius 3 is 2.11 bits per heavy atom. The topological polar surface area (TPSA) is 158 Å². The van der Waals surface area contributed by atoms with E-state index >= 15 is 0 Å².